The van der Waals surface area contributed by atoms with Crippen LogP contribution in [0.25, 0.3) is 111 Å². The molecule has 0 N–H and O–H groups in total. The molecule has 11 aromatic carbocycles. The molecule has 0 saturated carbocycles. The van der Waals surface area contributed by atoms with E-state index in [1.165, 1.54) is 111 Å². The van der Waals surface area contributed by atoms with Crippen molar-refractivity contribution in [3.63, 3.8) is 0 Å². The Hall–Kier alpha value is -8.72. The molecule has 0 fully saturated rings. The molecule has 72 heavy (non-hydrogen) atoms. The molecule has 3 aliphatic rings. The van der Waals surface area contributed by atoms with Gasteiger partial charge >= 0.3 is 0 Å². The molecule has 3 aliphatic carbocycles. The van der Waals surface area contributed by atoms with E-state index >= 15 is 0 Å². The minimum atomic E-state index is -0.244. The van der Waals surface area contributed by atoms with Crippen molar-refractivity contribution in [2.24, 2.45) is 0 Å². The summed E-state index contributed by atoms with van der Waals surface area (Å²) in [5.74, 6) is 0. The standard InChI is InChI=1S/C70H49NO/c1-69(2)62-38-45(42-13-6-5-7-14-42)23-30-53(62)55-32-28-48(40-64(55)69)71(47-26-21-43(22-27-47)50-34-35-60-52-16-9-8-15-51(52)59-19-12-18-58(50)68(59)60)49-29-33-56-54-31-24-46(39-63(54)70(3,4)65(56)41-49)44-25-36-67-61(37-44)57-17-10-11-20-66(57)72-67/h5-41H,1-4H3. The first-order chi connectivity index (χ1) is 35.2. The number of anilines is 3. The van der Waals surface area contributed by atoms with Crippen molar-refractivity contribution in [2.75, 3.05) is 4.90 Å². The number of nitrogens with zero attached hydrogens (tertiary/aromatic N) is 1. The maximum atomic E-state index is 6.21. The van der Waals surface area contributed by atoms with Gasteiger partial charge in [0.25, 0.3) is 0 Å². The molecule has 1 heterocycles. The summed E-state index contributed by atoms with van der Waals surface area (Å²) < 4.78 is 6.21. The van der Waals surface area contributed by atoms with E-state index in [0.29, 0.717) is 0 Å². The Morgan fingerprint density at radius 3 is 1.39 bits per heavy atom. The zero-order valence-corrected chi connectivity index (χ0v) is 40.7. The van der Waals surface area contributed by atoms with E-state index in [1.54, 1.807) is 0 Å². The fraction of sp³-hybridized carbons (Fsp3) is 0.0857. The van der Waals surface area contributed by atoms with Crippen molar-refractivity contribution in [1.29, 1.82) is 0 Å². The van der Waals surface area contributed by atoms with E-state index in [0.717, 1.165) is 39.0 Å². The summed E-state index contributed by atoms with van der Waals surface area (Å²) in [6.07, 6.45) is 0. The van der Waals surface area contributed by atoms with Crippen LogP contribution in [0.1, 0.15) is 49.9 Å². The number of benzene rings is 11. The zero-order valence-electron chi connectivity index (χ0n) is 40.7. The number of para-hydroxylation sites is 1. The van der Waals surface area contributed by atoms with Crippen LogP contribution in [0.4, 0.5) is 17.1 Å². The second kappa shape index (κ2) is 14.9. The summed E-state index contributed by atoms with van der Waals surface area (Å²) in [5.41, 5.74) is 28.1. The Bertz CT molecular complexity index is 4230. The van der Waals surface area contributed by atoms with Crippen molar-refractivity contribution in [3.05, 3.63) is 247 Å². The van der Waals surface area contributed by atoms with Crippen molar-refractivity contribution in [3.8, 4) is 77.9 Å². The molecule has 0 bridgehead atoms. The van der Waals surface area contributed by atoms with E-state index in [-0.39, 0.29) is 10.8 Å². The van der Waals surface area contributed by atoms with Crippen molar-refractivity contribution < 1.29 is 4.42 Å². The van der Waals surface area contributed by atoms with Crippen LogP contribution in [-0.2, 0) is 10.8 Å². The van der Waals surface area contributed by atoms with Gasteiger partial charge in [0.1, 0.15) is 11.2 Å². The monoisotopic (exact) mass is 919 g/mol. The van der Waals surface area contributed by atoms with Crippen molar-refractivity contribution >= 4 is 49.8 Å². The van der Waals surface area contributed by atoms with Crippen LogP contribution in [-0.4, -0.2) is 0 Å². The summed E-state index contributed by atoms with van der Waals surface area (Å²) >= 11 is 0. The van der Waals surface area contributed by atoms with Crippen LogP contribution in [0.15, 0.2) is 229 Å². The van der Waals surface area contributed by atoms with Gasteiger partial charge in [0.2, 0.25) is 0 Å². The summed E-state index contributed by atoms with van der Waals surface area (Å²) in [5, 5.41) is 4.94. The topological polar surface area (TPSA) is 16.4 Å². The highest BCUT2D eigenvalue weighted by Gasteiger charge is 2.38. The van der Waals surface area contributed by atoms with Gasteiger partial charge in [-0.05, 0) is 178 Å². The molecule has 2 nitrogen and oxygen atoms in total. The third-order valence-corrected chi connectivity index (χ3v) is 16.6. The molecule has 0 aliphatic heterocycles. The Kier molecular flexibility index (Phi) is 8.51. The molecule has 0 amide bonds. The maximum Gasteiger partial charge on any atom is 0.135 e. The van der Waals surface area contributed by atoms with Crippen LogP contribution in [0.5, 0.6) is 0 Å². The highest BCUT2D eigenvalue weighted by Crippen LogP contribution is 2.55. The van der Waals surface area contributed by atoms with Crippen LogP contribution in [0.2, 0.25) is 0 Å². The lowest BCUT2D eigenvalue weighted by Gasteiger charge is -2.30. The van der Waals surface area contributed by atoms with Gasteiger partial charge in [0, 0.05) is 38.7 Å². The fourth-order valence-electron chi connectivity index (χ4n) is 12.9. The maximum absolute atomic E-state index is 6.21. The van der Waals surface area contributed by atoms with Crippen LogP contribution in [0.3, 0.4) is 0 Å². The van der Waals surface area contributed by atoms with Crippen LogP contribution in [0, 0.1) is 0 Å². The van der Waals surface area contributed by atoms with Crippen LogP contribution >= 0.6 is 0 Å². The Morgan fingerprint density at radius 2 is 0.722 bits per heavy atom. The van der Waals surface area contributed by atoms with Crippen LogP contribution < -0.4 is 4.90 Å². The van der Waals surface area contributed by atoms with Gasteiger partial charge < -0.3 is 9.32 Å². The molecule has 340 valence electrons. The van der Waals surface area contributed by atoms with Gasteiger partial charge in [0.05, 0.1) is 0 Å². The van der Waals surface area contributed by atoms with Gasteiger partial charge in [-0.25, -0.2) is 0 Å². The number of hydrogen-bond acceptors (Lipinski definition) is 2. The van der Waals surface area contributed by atoms with Gasteiger partial charge in [0.15, 0.2) is 0 Å². The fourth-order valence-corrected chi connectivity index (χ4v) is 12.9. The average Bonchev–Trinajstić information content (AvgIpc) is 4.10. The quantitative estimate of drug-likeness (QED) is 0.165. The Morgan fingerprint density at radius 1 is 0.278 bits per heavy atom. The third-order valence-electron chi connectivity index (χ3n) is 16.6. The molecule has 0 atom stereocenters. The molecule has 2 heteroatoms. The number of furan rings is 1. The first-order valence-electron chi connectivity index (χ1n) is 25.3. The molecule has 1 aromatic heterocycles. The number of fused-ring (bicyclic) bond motifs is 12. The first-order valence-corrected chi connectivity index (χ1v) is 25.3. The van der Waals surface area contributed by atoms with E-state index in [1.807, 2.05) is 6.07 Å². The van der Waals surface area contributed by atoms with Gasteiger partial charge in [-0.15, -0.1) is 0 Å². The highest BCUT2D eigenvalue weighted by atomic mass is 16.3. The molecule has 0 saturated heterocycles. The van der Waals surface area contributed by atoms with Crippen molar-refractivity contribution in [1.82, 2.24) is 0 Å². The summed E-state index contributed by atoms with van der Waals surface area (Å²) in [6, 6.07) is 83.7. The summed E-state index contributed by atoms with van der Waals surface area (Å²) in [4.78, 5) is 2.48. The zero-order chi connectivity index (χ0) is 48.0. The molecule has 0 radical (unpaired) electrons. The molecule has 15 rings (SSSR count). The van der Waals surface area contributed by atoms with E-state index in [4.69, 9.17) is 4.42 Å². The Labute approximate surface area is 420 Å². The predicted molar refractivity (Wildman–Crippen MR) is 302 cm³/mol. The molecular weight excluding hydrogens is 871 g/mol. The Balaban J connectivity index is 0.846. The predicted octanol–water partition coefficient (Wildman–Crippen LogP) is 19.5. The molecule has 0 unspecified atom stereocenters. The lowest BCUT2D eigenvalue weighted by molar-refractivity contribution is 0.660. The van der Waals surface area contributed by atoms with Gasteiger partial charge in [-0.1, -0.05) is 185 Å². The second-order valence-electron chi connectivity index (χ2n) is 21.2. The largest absolute Gasteiger partial charge is 0.456 e. The summed E-state index contributed by atoms with van der Waals surface area (Å²) in [6.45, 7) is 9.58. The van der Waals surface area contributed by atoms with E-state index in [2.05, 4.69) is 251 Å². The molecule has 12 aromatic rings. The summed E-state index contributed by atoms with van der Waals surface area (Å²) in [7, 11) is 0. The highest BCUT2D eigenvalue weighted by molar-refractivity contribution is 6.18. The van der Waals surface area contributed by atoms with Crippen molar-refractivity contribution in [2.45, 2.75) is 38.5 Å². The SMILES string of the molecule is CC1(C)c2cc(-c3ccccc3)ccc2-c2ccc(N(c3ccc(-c4ccc5c6c(cccc46)-c4ccccc4-5)cc3)c3ccc4c(c3)C(C)(C)c3cc(-c5ccc6oc7ccccc7c6c5)ccc3-4)cc21. The first kappa shape index (κ1) is 41.1. The lowest BCUT2D eigenvalue weighted by Crippen LogP contribution is -2.18. The molecule has 0 spiro atoms. The van der Waals surface area contributed by atoms with E-state index < -0.39 is 0 Å². The number of hydrogen-bond donors (Lipinski definition) is 0. The minimum absolute atomic E-state index is 0.203. The minimum Gasteiger partial charge on any atom is -0.456 e. The number of rotatable bonds is 6. The average molecular weight is 920 g/mol. The normalized spacial score (nSPS) is 14.1. The lowest BCUT2D eigenvalue weighted by atomic mass is 9.81. The molecular formula is C70H49NO. The second-order valence-corrected chi connectivity index (χ2v) is 21.2. The van der Waals surface area contributed by atoms with Gasteiger partial charge in [-0.2, -0.15) is 0 Å². The smallest absolute Gasteiger partial charge is 0.135 e. The van der Waals surface area contributed by atoms with Gasteiger partial charge in [-0.3, -0.25) is 0 Å². The van der Waals surface area contributed by atoms with E-state index in [9.17, 15) is 0 Å². The third kappa shape index (κ3) is 5.84.